The van der Waals surface area contributed by atoms with E-state index in [1.54, 1.807) is 0 Å². The molecule has 0 saturated heterocycles. The van der Waals surface area contributed by atoms with E-state index in [0.29, 0.717) is 13.0 Å². The van der Waals surface area contributed by atoms with Gasteiger partial charge in [-0.1, -0.05) is 48.5 Å². The first kappa shape index (κ1) is 13.6. The molecule has 0 amide bonds. The molecule has 2 rings (SSSR count). The molecule has 1 atom stereocenters. The molecule has 0 spiro atoms. The first-order valence-corrected chi connectivity index (χ1v) is 6.75. The lowest BCUT2D eigenvalue weighted by Gasteiger charge is -2.15. The van der Waals surface area contributed by atoms with Gasteiger partial charge in [-0.05, 0) is 31.4 Å². The molecule has 2 nitrogen and oxygen atoms in total. The van der Waals surface area contributed by atoms with Crippen LogP contribution in [-0.2, 0) is 6.42 Å². The van der Waals surface area contributed by atoms with Gasteiger partial charge in [-0.25, -0.2) is 0 Å². The Balaban J connectivity index is 2.01. The fourth-order valence-electron chi connectivity index (χ4n) is 2.15. The second kappa shape index (κ2) is 6.95. The summed E-state index contributed by atoms with van der Waals surface area (Å²) >= 11 is 0. The summed E-state index contributed by atoms with van der Waals surface area (Å²) in [5, 5.41) is 10.3. The lowest BCUT2D eigenvalue weighted by Crippen LogP contribution is -2.03. The summed E-state index contributed by atoms with van der Waals surface area (Å²) in [6.07, 6.45) is 1.08. The van der Waals surface area contributed by atoms with E-state index < -0.39 is 6.10 Å². The number of benzene rings is 2. The van der Waals surface area contributed by atoms with E-state index in [0.717, 1.165) is 17.7 Å². The lowest BCUT2D eigenvalue weighted by molar-refractivity contribution is 0.162. The molecule has 0 bridgehead atoms. The maximum absolute atomic E-state index is 10.3. The summed E-state index contributed by atoms with van der Waals surface area (Å²) in [5.74, 6) is 0.783. The predicted octanol–water partition coefficient (Wildman–Crippen LogP) is 3.75. The Morgan fingerprint density at radius 3 is 2.42 bits per heavy atom. The molecular formula is C17H20O2. The van der Waals surface area contributed by atoms with Crippen LogP contribution in [0.5, 0.6) is 5.75 Å². The quantitative estimate of drug-likeness (QED) is 0.853. The number of rotatable bonds is 6. The van der Waals surface area contributed by atoms with Gasteiger partial charge in [-0.2, -0.15) is 0 Å². The number of ether oxygens (including phenoxy) is 1. The Labute approximate surface area is 114 Å². The van der Waals surface area contributed by atoms with Crippen molar-refractivity contribution in [3.63, 3.8) is 0 Å². The molecular weight excluding hydrogens is 236 g/mol. The van der Waals surface area contributed by atoms with Crippen molar-refractivity contribution >= 4 is 0 Å². The van der Waals surface area contributed by atoms with Crippen molar-refractivity contribution in [2.45, 2.75) is 25.9 Å². The zero-order valence-electron chi connectivity index (χ0n) is 11.3. The number of hydrogen-bond donors (Lipinski definition) is 1. The fourth-order valence-corrected chi connectivity index (χ4v) is 2.15. The van der Waals surface area contributed by atoms with E-state index in [1.807, 2.05) is 49.4 Å². The summed E-state index contributed by atoms with van der Waals surface area (Å²) in [6, 6.07) is 17.9. The van der Waals surface area contributed by atoms with Crippen LogP contribution >= 0.6 is 0 Å². The highest BCUT2D eigenvalue weighted by Crippen LogP contribution is 2.28. The van der Waals surface area contributed by atoms with Gasteiger partial charge in [0, 0.05) is 5.56 Å². The molecule has 100 valence electrons. The van der Waals surface area contributed by atoms with Crippen molar-refractivity contribution in [2.75, 3.05) is 6.61 Å². The SMILES string of the molecule is CCOc1ccccc1C(O)CCc1ccccc1. The first-order chi connectivity index (χ1) is 9.31. The van der Waals surface area contributed by atoms with Gasteiger partial charge in [0.05, 0.1) is 12.7 Å². The number of para-hydroxylation sites is 1. The zero-order valence-corrected chi connectivity index (χ0v) is 11.3. The van der Waals surface area contributed by atoms with E-state index >= 15 is 0 Å². The van der Waals surface area contributed by atoms with E-state index in [2.05, 4.69) is 12.1 Å². The van der Waals surface area contributed by atoms with Gasteiger partial charge in [0.15, 0.2) is 0 Å². The van der Waals surface area contributed by atoms with Crippen LogP contribution in [0.3, 0.4) is 0 Å². The second-order valence-electron chi connectivity index (χ2n) is 4.51. The average molecular weight is 256 g/mol. The highest BCUT2D eigenvalue weighted by atomic mass is 16.5. The third kappa shape index (κ3) is 3.83. The standard InChI is InChI=1S/C17H20O2/c1-2-19-17-11-7-6-10-15(17)16(18)13-12-14-8-4-3-5-9-14/h3-11,16,18H,2,12-13H2,1H3. The summed E-state index contributed by atoms with van der Waals surface area (Å²) in [6.45, 7) is 2.57. The van der Waals surface area contributed by atoms with E-state index in [1.165, 1.54) is 5.56 Å². The third-order valence-corrected chi connectivity index (χ3v) is 3.13. The third-order valence-electron chi connectivity index (χ3n) is 3.13. The molecule has 0 heterocycles. The van der Waals surface area contributed by atoms with E-state index in [4.69, 9.17) is 4.74 Å². The predicted molar refractivity (Wildman–Crippen MR) is 77.3 cm³/mol. The van der Waals surface area contributed by atoms with Crippen LogP contribution in [0.1, 0.15) is 30.6 Å². The van der Waals surface area contributed by atoms with Crippen LogP contribution in [0.25, 0.3) is 0 Å². The van der Waals surface area contributed by atoms with Crippen molar-refractivity contribution in [2.24, 2.45) is 0 Å². The van der Waals surface area contributed by atoms with Crippen LogP contribution < -0.4 is 4.74 Å². The minimum absolute atomic E-state index is 0.483. The molecule has 0 saturated carbocycles. The minimum Gasteiger partial charge on any atom is -0.493 e. The number of hydrogen-bond acceptors (Lipinski definition) is 2. The average Bonchev–Trinajstić information content (AvgIpc) is 2.47. The van der Waals surface area contributed by atoms with Gasteiger partial charge in [0.25, 0.3) is 0 Å². The first-order valence-electron chi connectivity index (χ1n) is 6.75. The smallest absolute Gasteiger partial charge is 0.125 e. The molecule has 1 unspecified atom stereocenters. The summed E-state index contributed by atoms with van der Waals surface area (Å²) in [5.41, 5.74) is 2.12. The molecule has 0 fully saturated rings. The van der Waals surface area contributed by atoms with Crippen LogP contribution in [0.2, 0.25) is 0 Å². The Hall–Kier alpha value is -1.80. The Kier molecular flexibility index (Phi) is 4.99. The number of aliphatic hydroxyl groups is 1. The summed E-state index contributed by atoms with van der Waals surface area (Å²) < 4.78 is 5.55. The molecule has 2 aromatic carbocycles. The minimum atomic E-state index is -0.483. The van der Waals surface area contributed by atoms with Crippen molar-refractivity contribution < 1.29 is 9.84 Å². The normalized spacial score (nSPS) is 12.1. The lowest BCUT2D eigenvalue weighted by atomic mass is 10.0. The van der Waals surface area contributed by atoms with Crippen LogP contribution in [0.15, 0.2) is 54.6 Å². The number of aryl methyl sites for hydroxylation is 1. The molecule has 2 aromatic rings. The van der Waals surface area contributed by atoms with Crippen molar-refractivity contribution in [3.8, 4) is 5.75 Å². The summed E-state index contributed by atoms with van der Waals surface area (Å²) in [7, 11) is 0. The van der Waals surface area contributed by atoms with Gasteiger partial charge in [0.1, 0.15) is 5.75 Å². The van der Waals surface area contributed by atoms with Crippen LogP contribution in [-0.4, -0.2) is 11.7 Å². The number of aliphatic hydroxyl groups excluding tert-OH is 1. The van der Waals surface area contributed by atoms with Gasteiger partial charge >= 0.3 is 0 Å². The van der Waals surface area contributed by atoms with Gasteiger partial charge in [-0.3, -0.25) is 0 Å². The largest absolute Gasteiger partial charge is 0.493 e. The molecule has 0 radical (unpaired) electrons. The van der Waals surface area contributed by atoms with Crippen molar-refractivity contribution in [1.82, 2.24) is 0 Å². The Morgan fingerprint density at radius 2 is 1.68 bits per heavy atom. The van der Waals surface area contributed by atoms with Gasteiger partial charge in [-0.15, -0.1) is 0 Å². The van der Waals surface area contributed by atoms with E-state index in [-0.39, 0.29) is 0 Å². The van der Waals surface area contributed by atoms with E-state index in [9.17, 15) is 5.11 Å². The molecule has 1 N–H and O–H groups in total. The maximum atomic E-state index is 10.3. The Bertz CT molecular complexity index is 494. The maximum Gasteiger partial charge on any atom is 0.125 e. The summed E-state index contributed by atoms with van der Waals surface area (Å²) in [4.78, 5) is 0. The Morgan fingerprint density at radius 1 is 1.00 bits per heavy atom. The van der Waals surface area contributed by atoms with Crippen LogP contribution in [0.4, 0.5) is 0 Å². The fraction of sp³-hybridized carbons (Fsp3) is 0.294. The highest BCUT2D eigenvalue weighted by molar-refractivity contribution is 5.35. The molecule has 2 heteroatoms. The molecule has 19 heavy (non-hydrogen) atoms. The molecule has 0 aliphatic carbocycles. The monoisotopic (exact) mass is 256 g/mol. The topological polar surface area (TPSA) is 29.5 Å². The van der Waals surface area contributed by atoms with Gasteiger partial charge in [0.2, 0.25) is 0 Å². The zero-order chi connectivity index (χ0) is 13.5. The molecule has 0 aliphatic rings. The van der Waals surface area contributed by atoms with Crippen molar-refractivity contribution in [3.05, 3.63) is 65.7 Å². The van der Waals surface area contributed by atoms with Crippen molar-refractivity contribution in [1.29, 1.82) is 0 Å². The van der Waals surface area contributed by atoms with Gasteiger partial charge < -0.3 is 9.84 Å². The molecule has 0 aromatic heterocycles. The highest BCUT2D eigenvalue weighted by Gasteiger charge is 2.12. The molecule has 0 aliphatic heterocycles. The second-order valence-corrected chi connectivity index (χ2v) is 4.51. The van der Waals surface area contributed by atoms with Crippen LogP contribution in [0, 0.1) is 0 Å².